The molecule has 6 rings (SSSR count). The van der Waals surface area contributed by atoms with E-state index in [9.17, 15) is 5.11 Å². The molecule has 4 heterocycles. The van der Waals surface area contributed by atoms with Crippen molar-refractivity contribution in [1.82, 2.24) is 30.1 Å². The molecule has 2 N–H and O–H groups in total. The zero-order chi connectivity index (χ0) is 25.2. The topological polar surface area (TPSA) is 114 Å². The fraction of sp³-hybridized carbons (Fsp3) is 0.269. The molecule has 1 unspecified atom stereocenters. The summed E-state index contributed by atoms with van der Waals surface area (Å²) in [5.41, 5.74) is 1.85. The van der Waals surface area contributed by atoms with E-state index in [1.54, 1.807) is 19.1 Å². The molecule has 1 fully saturated rings. The molecule has 1 aromatic carbocycles. The van der Waals surface area contributed by atoms with Gasteiger partial charge in [0.25, 0.3) is 0 Å². The third-order valence-electron chi connectivity index (χ3n) is 6.65. The Hall–Kier alpha value is -3.50. The molecule has 4 aromatic heterocycles. The molecule has 0 saturated heterocycles. The van der Waals surface area contributed by atoms with Crippen LogP contribution in [0.2, 0.25) is 0 Å². The van der Waals surface area contributed by atoms with E-state index >= 15 is 4.39 Å². The first-order valence-corrected chi connectivity index (χ1v) is 12.4. The van der Waals surface area contributed by atoms with E-state index < -0.39 is 11.4 Å². The minimum Gasteiger partial charge on any atom is -0.373 e. The molecular formula is C26H22BrFN6O2. The Bertz CT molecular complexity index is 1610. The zero-order valence-corrected chi connectivity index (χ0v) is 21.4. The van der Waals surface area contributed by atoms with Crippen LogP contribution in [-0.2, 0) is 5.60 Å². The van der Waals surface area contributed by atoms with Gasteiger partial charge in [-0.15, -0.1) is 0 Å². The van der Waals surface area contributed by atoms with Gasteiger partial charge in [0.15, 0.2) is 17.2 Å². The number of imidazole rings is 1. The van der Waals surface area contributed by atoms with Gasteiger partial charge in [0.1, 0.15) is 16.2 Å². The number of nitrogens with one attached hydrogen (secondary N) is 1. The van der Waals surface area contributed by atoms with Gasteiger partial charge >= 0.3 is 0 Å². The second-order valence-corrected chi connectivity index (χ2v) is 10.0. The molecule has 0 bridgehead atoms. The van der Waals surface area contributed by atoms with Crippen LogP contribution in [0.1, 0.15) is 58.7 Å². The van der Waals surface area contributed by atoms with Gasteiger partial charge in [-0.3, -0.25) is 0 Å². The Balaban J connectivity index is 1.74. The predicted molar refractivity (Wildman–Crippen MR) is 134 cm³/mol. The van der Waals surface area contributed by atoms with E-state index in [1.165, 1.54) is 18.5 Å². The van der Waals surface area contributed by atoms with Crippen molar-refractivity contribution in [3.05, 3.63) is 87.0 Å². The first-order valence-electron chi connectivity index (χ1n) is 11.6. The van der Waals surface area contributed by atoms with Crippen LogP contribution in [0.3, 0.4) is 0 Å². The fourth-order valence-corrected chi connectivity index (χ4v) is 5.25. The van der Waals surface area contributed by atoms with E-state index in [2.05, 4.69) is 41.0 Å². The Labute approximate surface area is 214 Å². The summed E-state index contributed by atoms with van der Waals surface area (Å²) in [6, 6.07) is 6.86. The van der Waals surface area contributed by atoms with Gasteiger partial charge in [-0.05, 0) is 79.4 Å². The number of aromatic nitrogens is 6. The van der Waals surface area contributed by atoms with Gasteiger partial charge in [0.05, 0.1) is 22.4 Å². The van der Waals surface area contributed by atoms with Crippen molar-refractivity contribution in [2.24, 2.45) is 0 Å². The number of aryl methyl sites for hydroxylation is 3. The van der Waals surface area contributed by atoms with Crippen molar-refractivity contribution in [3.63, 3.8) is 0 Å². The first kappa shape index (κ1) is 22.9. The minimum atomic E-state index is -2.08. The van der Waals surface area contributed by atoms with Crippen LogP contribution in [-0.4, -0.2) is 35.2 Å². The van der Waals surface area contributed by atoms with Crippen LogP contribution in [0.15, 0.2) is 45.8 Å². The Kier molecular flexibility index (Phi) is 5.27. The van der Waals surface area contributed by atoms with Crippen molar-refractivity contribution >= 4 is 27.0 Å². The maximum atomic E-state index is 15.7. The molecule has 182 valence electrons. The standard InChI is InChI=1S/C26H22BrFN6O2/c1-12-21(14(3)36-34-12)16-9-18(23-19(10-16)32-24(33-23)15-5-6-15)26(35,25-29-7-4-8-30-25)17-11-20(27)31-13(2)22(17)28/h4,7-11,15,35H,5-6H2,1-3H3,(H,32,33). The lowest BCUT2D eigenvalue weighted by atomic mass is 9.82. The van der Waals surface area contributed by atoms with Crippen LogP contribution in [0.25, 0.3) is 22.2 Å². The predicted octanol–water partition coefficient (Wildman–Crippen LogP) is 5.39. The summed E-state index contributed by atoms with van der Waals surface area (Å²) in [4.78, 5) is 21.2. The molecule has 1 aliphatic rings. The third kappa shape index (κ3) is 3.55. The van der Waals surface area contributed by atoms with Gasteiger partial charge in [-0.2, -0.15) is 0 Å². The van der Waals surface area contributed by atoms with Crippen LogP contribution in [0, 0.1) is 26.6 Å². The van der Waals surface area contributed by atoms with E-state index in [0.29, 0.717) is 38.6 Å². The van der Waals surface area contributed by atoms with E-state index in [-0.39, 0.29) is 17.1 Å². The summed E-state index contributed by atoms with van der Waals surface area (Å²) in [7, 11) is 0. The molecule has 0 amide bonds. The molecule has 36 heavy (non-hydrogen) atoms. The number of aliphatic hydroxyl groups is 1. The van der Waals surface area contributed by atoms with Gasteiger partial charge in [-0.25, -0.2) is 24.3 Å². The molecule has 1 atom stereocenters. The largest absolute Gasteiger partial charge is 0.373 e. The second-order valence-electron chi connectivity index (χ2n) is 9.19. The monoisotopic (exact) mass is 548 g/mol. The Morgan fingerprint density at radius 2 is 1.81 bits per heavy atom. The SMILES string of the molecule is Cc1nc(Br)cc(C(O)(c2ncccn2)c2cc(-c3c(C)noc3C)cc3[nH]c(C4CC4)nc23)c1F. The third-order valence-corrected chi connectivity index (χ3v) is 7.06. The van der Waals surface area contributed by atoms with Crippen molar-refractivity contribution in [2.45, 2.75) is 45.1 Å². The molecule has 5 aromatic rings. The summed E-state index contributed by atoms with van der Waals surface area (Å²) in [6.07, 6.45) is 5.12. The molecule has 1 saturated carbocycles. The van der Waals surface area contributed by atoms with E-state index in [4.69, 9.17) is 9.51 Å². The van der Waals surface area contributed by atoms with Crippen molar-refractivity contribution in [3.8, 4) is 11.1 Å². The normalized spacial score (nSPS) is 15.4. The quantitative estimate of drug-likeness (QED) is 0.283. The minimum absolute atomic E-state index is 0.0228. The Morgan fingerprint density at radius 3 is 2.47 bits per heavy atom. The highest BCUT2D eigenvalue weighted by atomic mass is 79.9. The number of H-pyrrole nitrogens is 1. The van der Waals surface area contributed by atoms with Crippen molar-refractivity contribution in [1.29, 1.82) is 0 Å². The molecule has 0 spiro atoms. The number of pyridine rings is 1. The highest BCUT2D eigenvalue weighted by Crippen LogP contribution is 2.45. The maximum absolute atomic E-state index is 15.7. The van der Waals surface area contributed by atoms with Crippen LogP contribution >= 0.6 is 15.9 Å². The van der Waals surface area contributed by atoms with Gasteiger partial charge in [0, 0.05) is 35.0 Å². The van der Waals surface area contributed by atoms with Crippen LogP contribution in [0.5, 0.6) is 0 Å². The highest BCUT2D eigenvalue weighted by molar-refractivity contribution is 9.10. The second kappa shape index (κ2) is 8.28. The molecular weight excluding hydrogens is 527 g/mol. The summed E-state index contributed by atoms with van der Waals surface area (Å²) in [5, 5.41) is 16.7. The fourth-order valence-electron chi connectivity index (χ4n) is 4.76. The number of hydrogen-bond donors (Lipinski definition) is 2. The summed E-state index contributed by atoms with van der Waals surface area (Å²) >= 11 is 3.36. The first-order chi connectivity index (χ1) is 17.3. The summed E-state index contributed by atoms with van der Waals surface area (Å²) in [6.45, 7) is 5.23. The van der Waals surface area contributed by atoms with Gasteiger partial charge in [0.2, 0.25) is 0 Å². The molecule has 0 radical (unpaired) electrons. The molecule has 1 aliphatic carbocycles. The number of benzene rings is 1. The van der Waals surface area contributed by atoms with Crippen LogP contribution in [0.4, 0.5) is 4.39 Å². The number of nitrogens with zero attached hydrogens (tertiary/aromatic N) is 5. The number of aromatic amines is 1. The number of hydrogen-bond acceptors (Lipinski definition) is 7. The summed E-state index contributed by atoms with van der Waals surface area (Å²) < 4.78 is 21.5. The highest BCUT2D eigenvalue weighted by Gasteiger charge is 2.43. The smallest absolute Gasteiger partial charge is 0.180 e. The average molecular weight is 549 g/mol. The van der Waals surface area contributed by atoms with E-state index in [1.807, 2.05) is 19.9 Å². The molecule has 0 aliphatic heterocycles. The van der Waals surface area contributed by atoms with Crippen molar-refractivity contribution in [2.75, 3.05) is 0 Å². The number of rotatable bonds is 5. The van der Waals surface area contributed by atoms with Gasteiger partial charge < -0.3 is 14.6 Å². The van der Waals surface area contributed by atoms with Crippen molar-refractivity contribution < 1.29 is 14.0 Å². The lowest BCUT2D eigenvalue weighted by Crippen LogP contribution is -2.33. The molecule has 10 heteroatoms. The van der Waals surface area contributed by atoms with Crippen LogP contribution < -0.4 is 0 Å². The lowest BCUT2D eigenvalue weighted by Gasteiger charge is -2.29. The van der Waals surface area contributed by atoms with E-state index in [0.717, 1.165) is 29.8 Å². The average Bonchev–Trinajstić information content (AvgIpc) is 3.54. The maximum Gasteiger partial charge on any atom is 0.180 e. The Morgan fingerprint density at radius 1 is 1.06 bits per heavy atom. The lowest BCUT2D eigenvalue weighted by molar-refractivity contribution is 0.112. The zero-order valence-electron chi connectivity index (χ0n) is 19.8. The number of fused-ring (bicyclic) bond motifs is 1. The summed E-state index contributed by atoms with van der Waals surface area (Å²) in [5.74, 6) is 1.18. The van der Waals surface area contributed by atoms with Gasteiger partial charge in [-0.1, -0.05) is 5.16 Å². The molecule has 8 nitrogen and oxygen atoms in total. The number of halogens is 2.